The first-order chi connectivity index (χ1) is 8.11. The summed E-state index contributed by atoms with van der Waals surface area (Å²) in [5.74, 6) is -0.709. The van der Waals surface area contributed by atoms with Gasteiger partial charge in [0.05, 0.1) is 6.61 Å². The molecule has 0 spiro atoms. The Morgan fingerprint density at radius 1 is 1.47 bits per heavy atom. The molecule has 0 heterocycles. The van der Waals surface area contributed by atoms with Crippen molar-refractivity contribution in [2.24, 2.45) is 4.40 Å². The van der Waals surface area contributed by atoms with Crippen LogP contribution in [0.2, 0.25) is 0 Å². The van der Waals surface area contributed by atoms with E-state index in [-0.39, 0.29) is 12.4 Å². The fourth-order valence-corrected chi connectivity index (χ4v) is 1.87. The zero-order chi connectivity index (χ0) is 12.7. The summed E-state index contributed by atoms with van der Waals surface area (Å²) >= 11 is 3.31. The molecule has 0 radical (unpaired) electrons. The average molecular weight is 318 g/mol. The molecule has 0 aliphatic heterocycles. The van der Waals surface area contributed by atoms with Crippen LogP contribution in [0.4, 0.5) is 0 Å². The number of nitrogens with zero attached hydrogens (tertiary/aromatic N) is 1. The van der Waals surface area contributed by atoms with E-state index < -0.39 is 17.0 Å². The summed E-state index contributed by atoms with van der Waals surface area (Å²) in [5, 5.41) is 0. The molecule has 0 bridgehead atoms. The molecule has 0 saturated carbocycles. The third kappa shape index (κ3) is 5.74. The lowest BCUT2D eigenvalue weighted by molar-refractivity contribution is -0.139. The molecule has 0 N–H and O–H groups in total. The molecule has 4 nitrogen and oxygen atoms in total. The number of esters is 1. The van der Waals surface area contributed by atoms with Crippen LogP contribution in [0.25, 0.3) is 0 Å². The Bertz CT molecular complexity index is 431. The predicted octanol–water partition coefficient (Wildman–Crippen LogP) is 2.09. The van der Waals surface area contributed by atoms with E-state index in [1.165, 1.54) is 6.21 Å². The van der Waals surface area contributed by atoms with E-state index in [4.69, 9.17) is 0 Å². The van der Waals surface area contributed by atoms with Crippen molar-refractivity contribution in [1.29, 1.82) is 0 Å². The van der Waals surface area contributed by atoms with Crippen LogP contribution >= 0.6 is 15.9 Å². The highest BCUT2D eigenvalue weighted by Gasteiger charge is 2.06. The van der Waals surface area contributed by atoms with Gasteiger partial charge in [0.15, 0.2) is 11.0 Å². The Morgan fingerprint density at radius 2 is 2.12 bits per heavy atom. The van der Waals surface area contributed by atoms with Crippen LogP contribution in [-0.2, 0) is 20.5 Å². The van der Waals surface area contributed by atoms with E-state index in [2.05, 4.69) is 25.1 Å². The second kappa shape index (κ2) is 7.34. The van der Waals surface area contributed by atoms with Crippen LogP contribution in [0.5, 0.6) is 0 Å². The van der Waals surface area contributed by atoms with Crippen molar-refractivity contribution in [3.63, 3.8) is 0 Å². The number of rotatable bonds is 5. The van der Waals surface area contributed by atoms with Gasteiger partial charge in [0.25, 0.3) is 0 Å². The summed E-state index contributed by atoms with van der Waals surface area (Å²) in [6.45, 7) is 1.98. The molecule has 1 rings (SSSR count). The summed E-state index contributed by atoms with van der Waals surface area (Å²) in [5.41, 5.74) is 0.824. The first kappa shape index (κ1) is 14.1. The second-order valence-corrected chi connectivity index (χ2v) is 5.12. The molecule has 1 atom stereocenters. The number of halogens is 1. The average Bonchev–Trinajstić information content (AvgIpc) is 2.28. The van der Waals surface area contributed by atoms with E-state index in [9.17, 15) is 9.00 Å². The quantitative estimate of drug-likeness (QED) is 0.617. The minimum atomic E-state index is -1.57. The topological polar surface area (TPSA) is 55.7 Å². The number of benzene rings is 1. The van der Waals surface area contributed by atoms with Crippen LogP contribution in [0.1, 0.15) is 12.5 Å². The lowest BCUT2D eigenvalue weighted by Gasteiger charge is -1.98. The van der Waals surface area contributed by atoms with Gasteiger partial charge in [0.2, 0.25) is 0 Å². The lowest BCUT2D eigenvalue weighted by Crippen LogP contribution is -2.12. The zero-order valence-electron chi connectivity index (χ0n) is 9.26. The van der Waals surface area contributed by atoms with Gasteiger partial charge in [0.1, 0.15) is 5.75 Å². The van der Waals surface area contributed by atoms with E-state index >= 15 is 0 Å². The van der Waals surface area contributed by atoms with Gasteiger partial charge in [-0.1, -0.05) is 28.1 Å². The Kier molecular flexibility index (Phi) is 6.07. The zero-order valence-corrected chi connectivity index (χ0v) is 11.7. The molecule has 6 heteroatoms. The fourth-order valence-electron chi connectivity index (χ4n) is 1.01. The van der Waals surface area contributed by atoms with Gasteiger partial charge < -0.3 is 4.74 Å². The van der Waals surface area contributed by atoms with E-state index in [1.54, 1.807) is 6.92 Å². The minimum Gasteiger partial charge on any atom is -0.465 e. The summed E-state index contributed by atoms with van der Waals surface area (Å²) < 4.78 is 20.8. The molecule has 0 saturated heterocycles. The van der Waals surface area contributed by atoms with Crippen molar-refractivity contribution >= 4 is 39.1 Å². The molecule has 92 valence electrons. The molecule has 1 aromatic rings. The second-order valence-electron chi connectivity index (χ2n) is 3.06. The van der Waals surface area contributed by atoms with Gasteiger partial charge in [0, 0.05) is 10.7 Å². The van der Waals surface area contributed by atoms with Gasteiger partial charge >= 0.3 is 5.97 Å². The normalized spacial score (nSPS) is 12.6. The summed E-state index contributed by atoms with van der Waals surface area (Å²) in [7, 11) is -1.57. The van der Waals surface area contributed by atoms with Gasteiger partial charge in [-0.2, -0.15) is 4.40 Å². The maximum absolute atomic E-state index is 11.4. The molecule has 0 amide bonds. The number of hydrogen-bond acceptors (Lipinski definition) is 3. The highest BCUT2D eigenvalue weighted by molar-refractivity contribution is 9.10. The maximum Gasteiger partial charge on any atom is 0.320 e. The van der Waals surface area contributed by atoms with Crippen LogP contribution in [0.15, 0.2) is 33.1 Å². The van der Waals surface area contributed by atoms with Crippen LogP contribution in [0.3, 0.4) is 0 Å². The number of carbonyl (C=O) groups excluding carboxylic acids is 1. The van der Waals surface area contributed by atoms with Crippen molar-refractivity contribution in [2.75, 3.05) is 12.4 Å². The standard InChI is InChI=1S/C11H12BrNO3S/c1-2-16-11(14)8-17(15)13-7-9-3-5-10(12)6-4-9/h3-7H,2,8H2,1H3/b13-7+/t17-/m0/s1. The third-order valence-electron chi connectivity index (χ3n) is 1.74. The van der Waals surface area contributed by atoms with Crippen LogP contribution in [0, 0.1) is 0 Å². The third-order valence-corrected chi connectivity index (χ3v) is 3.09. The van der Waals surface area contributed by atoms with E-state index in [1.807, 2.05) is 24.3 Å². The van der Waals surface area contributed by atoms with Gasteiger partial charge in [-0.25, -0.2) is 4.21 Å². The summed E-state index contributed by atoms with van der Waals surface area (Å²) in [6.07, 6.45) is 1.47. The molecule has 0 aromatic heterocycles. The van der Waals surface area contributed by atoms with Gasteiger partial charge in [-0.05, 0) is 24.6 Å². The molecular formula is C11H12BrNO3S. The minimum absolute atomic E-state index is 0.207. The number of ether oxygens (including phenoxy) is 1. The largest absolute Gasteiger partial charge is 0.465 e. The monoisotopic (exact) mass is 317 g/mol. The Labute approximate surface area is 111 Å². The number of hydrogen-bond donors (Lipinski definition) is 0. The highest BCUT2D eigenvalue weighted by atomic mass is 79.9. The van der Waals surface area contributed by atoms with Crippen molar-refractivity contribution in [3.8, 4) is 0 Å². The Morgan fingerprint density at radius 3 is 2.71 bits per heavy atom. The summed E-state index contributed by atoms with van der Waals surface area (Å²) in [6, 6.07) is 7.37. The molecule has 0 aliphatic rings. The molecular weight excluding hydrogens is 306 g/mol. The summed E-state index contributed by atoms with van der Waals surface area (Å²) in [4.78, 5) is 11.0. The Hall–Kier alpha value is -1.01. The van der Waals surface area contributed by atoms with Crippen molar-refractivity contribution in [1.82, 2.24) is 0 Å². The molecule has 17 heavy (non-hydrogen) atoms. The first-order valence-corrected chi connectivity index (χ1v) is 7.02. The smallest absolute Gasteiger partial charge is 0.320 e. The van der Waals surface area contributed by atoms with Crippen LogP contribution < -0.4 is 0 Å². The van der Waals surface area contributed by atoms with Gasteiger partial charge in [-0.3, -0.25) is 4.79 Å². The fraction of sp³-hybridized carbons (Fsp3) is 0.273. The number of carbonyl (C=O) groups is 1. The van der Waals surface area contributed by atoms with Crippen molar-refractivity contribution in [3.05, 3.63) is 34.3 Å². The van der Waals surface area contributed by atoms with Crippen LogP contribution in [-0.4, -0.2) is 28.8 Å². The molecule has 0 fully saturated rings. The molecule has 1 aromatic carbocycles. The molecule has 0 unspecified atom stereocenters. The van der Waals surface area contributed by atoms with E-state index in [0.717, 1.165) is 10.0 Å². The van der Waals surface area contributed by atoms with Crippen molar-refractivity contribution in [2.45, 2.75) is 6.92 Å². The Balaban J connectivity index is 2.50. The lowest BCUT2D eigenvalue weighted by atomic mass is 10.2. The highest BCUT2D eigenvalue weighted by Crippen LogP contribution is 2.09. The van der Waals surface area contributed by atoms with Gasteiger partial charge in [-0.15, -0.1) is 0 Å². The SMILES string of the molecule is CCOC(=O)C[S@](=O)/N=C/c1ccc(Br)cc1. The maximum atomic E-state index is 11.4. The van der Waals surface area contributed by atoms with Crippen molar-refractivity contribution < 1.29 is 13.7 Å². The molecule has 0 aliphatic carbocycles. The van der Waals surface area contributed by atoms with E-state index in [0.29, 0.717) is 0 Å². The predicted molar refractivity (Wildman–Crippen MR) is 71.4 cm³/mol. The first-order valence-electron chi connectivity index (χ1n) is 4.95.